The molecule has 1 aromatic rings. The van der Waals surface area contributed by atoms with Gasteiger partial charge in [0.15, 0.2) is 0 Å². The zero-order chi connectivity index (χ0) is 12.8. The predicted molar refractivity (Wildman–Crippen MR) is 78.2 cm³/mol. The maximum absolute atomic E-state index is 12.3. The number of hydrogen-bond acceptors (Lipinski definition) is 1. The third-order valence-electron chi connectivity index (χ3n) is 2.29. The molecule has 0 N–H and O–H groups in total. The van der Waals surface area contributed by atoms with Gasteiger partial charge in [0.1, 0.15) is 0 Å². The minimum atomic E-state index is 0.0277. The molecule has 1 rings (SSSR count). The first-order valence-corrected chi connectivity index (χ1v) is 7.04. The molecule has 0 atom stereocenters. The molecule has 0 saturated heterocycles. The molecule has 0 aromatic heterocycles. The number of nitrogens with zero attached hydrogens (tertiary/aromatic N) is 1. The third kappa shape index (κ3) is 3.96. The van der Waals surface area contributed by atoms with Crippen LogP contribution >= 0.6 is 31.9 Å². The van der Waals surface area contributed by atoms with E-state index in [1.54, 1.807) is 11.0 Å². The summed E-state index contributed by atoms with van der Waals surface area (Å²) < 4.78 is 1.72. The standard InChI is InChI=1S/C13H15Br2NO/c1-3-7-16(8-4-2)13(17)11-9-10(14)5-6-12(11)15/h3,5-6,9H,1,4,7-8H2,2H3. The van der Waals surface area contributed by atoms with E-state index >= 15 is 0 Å². The van der Waals surface area contributed by atoms with E-state index in [1.165, 1.54) is 0 Å². The van der Waals surface area contributed by atoms with Gasteiger partial charge in [-0.05, 0) is 40.5 Å². The Bertz CT molecular complexity index is 418. The zero-order valence-electron chi connectivity index (χ0n) is 9.75. The molecule has 0 radical (unpaired) electrons. The summed E-state index contributed by atoms with van der Waals surface area (Å²) in [4.78, 5) is 14.1. The first kappa shape index (κ1) is 14.5. The van der Waals surface area contributed by atoms with Gasteiger partial charge in [0.25, 0.3) is 5.91 Å². The second kappa shape index (κ2) is 6.97. The van der Waals surface area contributed by atoms with Gasteiger partial charge < -0.3 is 4.90 Å². The Balaban J connectivity index is 2.99. The fourth-order valence-corrected chi connectivity index (χ4v) is 2.31. The third-order valence-corrected chi connectivity index (χ3v) is 3.47. The molecule has 17 heavy (non-hydrogen) atoms. The van der Waals surface area contributed by atoms with E-state index in [0.717, 1.165) is 21.9 Å². The van der Waals surface area contributed by atoms with E-state index in [4.69, 9.17) is 0 Å². The molecule has 0 unspecified atom stereocenters. The predicted octanol–water partition coefficient (Wildman–Crippen LogP) is 4.25. The zero-order valence-corrected chi connectivity index (χ0v) is 12.9. The highest BCUT2D eigenvalue weighted by molar-refractivity contribution is 9.11. The van der Waals surface area contributed by atoms with Crippen LogP contribution in [0, 0.1) is 0 Å². The SMILES string of the molecule is C=CCN(CCC)C(=O)c1cc(Br)ccc1Br. The minimum Gasteiger partial charge on any atom is -0.335 e. The summed E-state index contributed by atoms with van der Waals surface area (Å²) in [5.74, 6) is 0.0277. The molecular weight excluding hydrogens is 346 g/mol. The van der Waals surface area contributed by atoms with Crippen molar-refractivity contribution < 1.29 is 4.79 Å². The highest BCUT2D eigenvalue weighted by Crippen LogP contribution is 2.23. The van der Waals surface area contributed by atoms with Crippen molar-refractivity contribution in [3.8, 4) is 0 Å². The maximum atomic E-state index is 12.3. The van der Waals surface area contributed by atoms with Crippen molar-refractivity contribution >= 4 is 37.8 Å². The highest BCUT2D eigenvalue weighted by Gasteiger charge is 2.16. The van der Waals surface area contributed by atoms with Gasteiger partial charge in [0.05, 0.1) is 5.56 Å². The van der Waals surface area contributed by atoms with Crippen molar-refractivity contribution in [2.24, 2.45) is 0 Å². The minimum absolute atomic E-state index is 0.0277. The average Bonchev–Trinajstić information content (AvgIpc) is 2.31. The highest BCUT2D eigenvalue weighted by atomic mass is 79.9. The Morgan fingerprint density at radius 1 is 1.47 bits per heavy atom. The lowest BCUT2D eigenvalue weighted by Gasteiger charge is -2.21. The lowest BCUT2D eigenvalue weighted by molar-refractivity contribution is 0.0773. The van der Waals surface area contributed by atoms with Gasteiger partial charge in [0, 0.05) is 22.0 Å². The molecule has 0 aliphatic rings. The molecule has 0 saturated carbocycles. The second-order valence-electron chi connectivity index (χ2n) is 3.66. The smallest absolute Gasteiger partial charge is 0.255 e. The number of rotatable bonds is 5. The Labute approximate surface area is 119 Å². The van der Waals surface area contributed by atoms with Gasteiger partial charge in [-0.15, -0.1) is 6.58 Å². The lowest BCUT2D eigenvalue weighted by atomic mass is 10.2. The fourth-order valence-electron chi connectivity index (χ4n) is 1.53. The first-order chi connectivity index (χ1) is 8.10. The number of hydrogen-bond donors (Lipinski definition) is 0. The molecule has 0 fully saturated rings. The number of benzene rings is 1. The fraction of sp³-hybridized carbons (Fsp3) is 0.308. The summed E-state index contributed by atoms with van der Waals surface area (Å²) >= 11 is 6.79. The summed E-state index contributed by atoms with van der Waals surface area (Å²) in [7, 11) is 0. The summed E-state index contributed by atoms with van der Waals surface area (Å²) in [5.41, 5.74) is 0.676. The summed E-state index contributed by atoms with van der Waals surface area (Å²) in [6, 6.07) is 5.60. The van der Waals surface area contributed by atoms with Crippen LogP contribution in [0.3, 0.4) is 0 Å². The maximum Gasteiger partial charge on any atom is 0.255 e. The van der Waals surface area contributed by atoms with Gasteiger partial charge in [-0.2, -0.15) is 0 Å². The Hall–Kier alpha value is -0.610. The van der Waals surface area contributed by atoms with Crippen molar-refractivity contribution in [1.29, 1.82) is 0 Å². The van der Waals surface area contributed by atoms with Crippen LogP contribution in [0.5, 0.6) is 0 Å². The molecule has 1 aromatic carbocycles. The first-order valence-electron chi connectivity index (χ1n) is 5.45. The molecule has 0 aliphatic carbocycles. The Kier molecular flexibility index (Phi) is 5.92. The van der Waals surface area contributed by atoms with Crippen LogP contribution < -0.4 is 0 Å². The Morgan fingerprint density at radius 3 is 2.76 bits per heavy atom. The summed E-state index contributed by atoms with van der Waals surface area (Å²) in [6.45, 7) is 7.05. The van der Waals surface area contributed by atoms with E-state index in [2.05, 4.69) is 45.4 Å². The quantitative estimate of drug-likeness (QED) is 0.719. The average molecular weight is 361 g/mol. The van der Waals surface area contributed by atoms with E-state index in [-0.39, 0.29) is 5.91 Å². The van der Waals surface area contributed by atoms with Crippen molar-refractivity contribution in [1.82, 2.24) is 4.90 Å². The molecule has 0 aliphatic heterocycles. The van der Waals surface area contributed by atoms with Crippen LogP contribution in [-0.4, -0.2) is 23.9 Å². The topological polar surface area (TPSA) is 20.3 Å². The number of carbonyl (C=O) groups excluding carboxylic acids is 1. The molecule has 0 heterocycles. The summed E-state index contributed by atoms with van der Waals surface area (Å²) in [5, 5.41) is 0. The number of amides is 1. The molecule has 0 bridgehead atoms. The van der Waals surface area contributed by atoms with E-state index in [1.807, 2.05) is 18.2 Å². The van der Waals surface area contributed by atoms with Crippen molar-refractivity contribution in [2.45, 2.75) is 13.3 Å². The van der Waals surface area contributed by atoms with Crippen molar-refractivity contribution in [3.63, 3.8) is 0 Å². The van der Waals surface area contributed by atoms with E-state index < -0.39 is 0 Å². The molecule has 92 valence electrons. The summed E-state index contributed by atoms with van der Waals surface area (Å²) in [6.07, 6.45) is 2.69. The molecular formula is C13H15Br2NO. The van der Waals surface area contributed by atoms with Crippen LogP contribution in [0.2, 0.25) is 0 Å². The monoisotopic (exact) mass is 359 g/mol. The van der Waals surface area contributed by atoms with Crippen LogP contribution in [0.1, 0.15) is 23.7 Å². The largest absolute Gasteiger partial charge is 0.335 e. The van der Waals surface area contributed by atoms with Crippen molar-refractivity contribution in [3.05, 3.63) is 45.4 Å². The van der Waals surface area contributed by atoms with Crippen LogP contribution in [-0.2, 0) is 0 Å². The van der Waals surface area contributed by atoms with Crippen LogP contribution in [0.15, 0.2) is 39.8 Å². The Morgan fingerprint density at radius 2 is 2.18 bits per heavy atom. The van der Waals surface area contributed by atoms with E-state index in [9.17, 15) is 4.79 Å². The van der Waals surface area contributed by atoms with E-state index in [0.29, 0.717) is 12.1 Å². The number of carbonyl (C=O) groups is 1. The van der Waals surface area contributed by atoms with Gasteiger partial charge >= 0.3 is 0 Å². The molecule has 2 nitrogen and oxygen atoms in total. The van der Waals surface area contributed by atoms with Gasteiger partial charge in [-0.1, -0.05) is 28.9 Å². The van der Waals surface area contributed by atoms with Gasteiger partial charge in [-0.25, -0.2) is 0 Å². The molecule has 4 heteroatoms. The van der Waals surface area contributed by atoms with Gasteiger partial charge in [0.2, 0.25) is 0 Å². The second-order valence-corrected chi connectivity index (χ2v) is 5.43. The lowest BCUT2D eigenvalue weighted by Crippen LogP contribution is -2.32. The number of halogens is 2. The van der Waals surface area contributed by atoms with Crippen LogP contribution in [0.4, 0.5) is 0 Å². The molecule has 0 spiro atoms. The van der Waals surface area contributed by atoms with Gasteiger partial charge in [-0.3, -0.25) is 4.79 Å². The molecule has 1 amide bonds. The van der Waals surface area contributed by atoms with Crippen LogP contribution in [0.25, 0.3) is 0 Å². The van der Waals surface area contributed by atoms with Crippen molar-refractivity contribution in [2.75, 3.05) is 13.1 Å². The normalized spacial score (nSPS) is 10.1.